The average Bonchev–Trinajstić information content (AvgIpc) is 2.83. The first-order valence-corrected chi connectivity index (χ1v) is 11.8. The second-order valence-corrected chi connectivity index (χ2v) is 9.53. The van der Waals surface area contributed by atoms with Gasteiger partial charge in [0.1, 0.15) is 23.0 Å². The van der Waals surface area contributed by atoms with Crippen LogP contribution in [0.4, 0.5) is 0 Å². The normalized spacial score (nSPS) is 11.5. The third kappa shape index (κ3) is 4.57. The van der Waals surface area contributed by atoms with Gasteiger partial charge in [0.15, 0.2) is 0 Å². The summed E-state index contributed by atoms with van der Waals surface area (Å²) < 4.78 is 0. The minimum atomic E-state index is -0.624. The zero-order chi connectivity index (χ0) is 25.3. The van der Waals surface area contributed by atoms with E-state index in [-0.39, 0.29) is 23.0 Å². The summed E-state index contributed by atoms with van der Waals surface area (Å²) in [6.45, 7) is 7.55. The molecule has 4 rings (SSSR count). The highest BCUT2D eigenvalue weighted by molar-refractivity contribution is 5.56. The van der Waals surface area contributed by atoms with Gasteiger partial charge in [-0.1, -0.05) is 48.5 Å². The molecule has 4 aromatic carbocycles. The van der Waals surface area contributed by atoms with Crippen molar-refractivity contribution in [1.29, 1.82) is 0 Å². The van der Waals surface area contributed by atoms with Gasteiger partial charge in [-0.2, -0.15) is 0 Å². The molecule has 0 aliphatic heterocycles. The molecule has 0 fully saturated rings. The number of hydrogen-bond donors (Lipinski definition) is 4. The fraction of sp³-hybridized carbons (Fsp3) is 0.226. The predicted octanol–water partition coefficient (Wildman–Crippen LogP) is 6.71. The molecule has 0 saturated carbocycles. The van der Waals surface area contributed by atoms with E-state index in [2.05, 4.69) is 0 Å². The van der Waals surface area contributed by atoms with Crippen LogP contribution in [0.3, 0.4) is 0 Å². The monoisotopic (exact) mass is 468 g/mol. The summed E-state index contributed by atoms with van der Waals surface area (Å²) in [6.07, 6.45) is 1.41. The van der Waals surface area contributed by atoms with Crippen molar-refractivity contribution in [2.45, 2.75) is 46.0 Å². The maximum absolute atomic E-state index is 10.3. The molecule has 4 nitrogen and oxygen atoms in total. The highest BCUT2D eigenvalue weighted by Gasteiger charge is 2.37. The SMILES string of the molecule is Cc1cc(CCC(c2ccc(O)c(C)c2)(c2ccc(O)c(C)c2)c2ccc(O)c(C)c2)ccc1O. The van der Waals surface area contributed by atoms with Crippen LogP contribution in [-0.2, 0) is 11.8 Å². The van der Waals surface area contributed by atoms with Crippen molar-refractivity contribution >= 4 is 0 Å². The highest BCUT2D eigenvalue weighted by atomic mass is 16.3. The summed E-state index contributed by atoms with van der Waals surface area (Å²) in [5.41, 5.74) is 6.67. The van der Waals surface area contributed by atoms with Crippen LogP contribution < -0.4 is 0 Å². The minimum Gasteiger partial charge on any atom is -0.508 e. The molecule has 0 unspecified atom stereocenters. The lowest BCUT2D eigenvalue weighted by molar-refractivity contribution is 0.467. The summed E-state index contributed by atoms with van der Waals surface area (Å²) in [7, 11) is 0. The third-order valence-corrected chi connectivity index (χ3v) is 7.12. The lowest BCUT2D eigenvalue weighted by Crippen LogP contribution is -2.30. The van der Waals surface area contributed by atoms with Gasteiger partial charge < -0.3 is 20.4 Å². The van der Waals surface area contributed by atoms with E-state index in [0.29, 0.717) is 6.42 Å². The molecule has 4 heteroatoms. The largest absolute Gasteiger partial charge is 0.508 e. The molecule has 4 N–H and O–H groups in total. The summed E-state index contributed by atoms with van der Waals surface area (Å²) >= 11 is 0. The second-order valence-electron chi connectivity index (χ2n) is 9.53. The van der Waals surface area contributed by atoms with Crippen LogP contribution in [0.5, 0.6) is 23.0 Å². The van der Waals surface area contributed by atoms with Crippen molar-refractivity contribution in [3.05, 3.63) is 117 Å². The molecule has 0 amide bonds. The Morgan fingerprint density at radius 2 is 0.829 bits per heavy atom. The van der Waals surface area contributed by atoms with Crippen molar-refractivity contribution in [3.63, 3.8) is 0 Å². The van der Waals surface area contributed by atoms with Crippen LogP contribution in [0.15, 0.2) is 72.8 Å². The van der Waals surface area contributed by atoms with Crippen LogP contribution in [-0.4, -0.2) is 20.4 Å². The molecule has 0 radical (unpaired) electrons. The zero-order valence-corrected chi connectivity index (χ0v) is 20.6. The Kier molecular flexibility index (Phi) is 6.49. The lowest BCUT2D eigenvalue weighted by atomic mass is 9.65. The van der Waals surface area contributed by atoms with Gasteiger partial charge in [0.05, 0.1) is 0 Å². The van der Waals surface area contributed by atoms with E-state index in [0.717, 1.165) is 50.9 Å². The fourth-order valence-corrected chi connectivity index (χ4v) is 4.90. The average molecular weight is 469 g/mol. The topological polar surface area (TPSA) is 80.9 Å². The molecule has 0 atom stereocenters. The number of aromatic hydroxyl groups is 4. The van der Waals surface area contributed by atoms with E-state index in [1.807, 2.05) is 76.2 Å². The Balaban J connectivity index is 1.99. The van der Waals surface area contributed by atoms with Gasteiger partial charge in [-0.05, 0) is 109 Å². The fourth-order valence-electron chi connectivity index (χ4n) is 4.90. The summed E-state index contributed by atoms with van der Waals surface area (Å²) in [5, 5.41) is 40.9. The van der Waals surface area contributed by atoms with E-state index in [1.165, 1.54) is 0 Å². The molecule has 0 bridgehead atoms. The molecule has 0 spiro atoms. The maximum atomic E-state index is 10.3. The molecular weight excluding hydrogens is 436 g/mol. The molecule has 0 saturated heterocycles. The smallest absolute Gasteiger partial charge is 0.118 e. The van der Waals surface area contributed by atoms with Crippen molar-refractivity contribution in [3.8, 4) is 23.0 Å². The van der Waals surface area contributed by atoms with Crippen molar-refractivity contribution in [2.75, 3.05) is 0 Å². The number of rotatable bonds is 6. The highest BCUT2D eigenvalue weighted by Crippen LogP contribution is 2.46. The Bertz CT molecular complexity index is 1260. The standard InChI is InChI=1S/C31H32O4/c1-19-15-23(5-9-27(19)32)13-14-31(24-6-10-28(33)20(2)16-24,25-7-11-29(34)21(3)17-25)26-8-12-30(35)22(4)18-26/h5-12,15-18,32-35H,13-14H2,1-4H3. The van der Waals surface area contributed by atoms with Gasteiger partial charge in [-0.3, -0.25) is 0 Å². The van der Waals surface area contributed by atoms with Crippen molar-refractivity contribution in [1.82, 2.24) is 0 Å². The molecule has 4 aromatic rings. The molecule has 35 heavy (non-hydrogen) atoms. The molecule has 0 aliphatic carbocycles. The summed E-state index contributed by atoms with van der Waals surface area (Å²) in [6, 6.07) is 22.8. The summed E-state index contributed by atoms with van der Waals surface area (Å²) in [4.78, 5) is 0. The van der Waals surface area contributed by atoms with Crippen LogP contribution in [0.25, 0.3) is 0 Å². The van der Waals surface area contributed by atoms with Crippen molar-refractivity contribution in [2.24, 2.45) is 0 Å². The van der Waals surface area contributed by atoms with Crippen LogP contribution >= 0.6 is 0 Å². The number of aryl methyl sites for hydroxylation is 5. The van der Waals surface area contributed by atoms with Crippen LogP contribution in [0.1, 0.15) is 50.9 Å². The summed E-state index contributed by atoms with van der Waals surface area (Å²) in [5.74, 6) is 0.985. The number of benzene rings is 4. The molecule has 0 aliphatic rings. The van der Waals surface area contributed by atoms with E-state index >= 15 is 0 Å². The second kappa shape index (κ2) is 9.38. The van der Waals surface area contributed by atoms with Crippen LogP contribution in [0.2, 0.25) is 0 Å². The van der Waals surface area contributed by atoms with Gasteiger partial charge in [-0.15, -0.1) is 0 Å². The van der Waals surface area contributed by atoms with Gasteiger partial charge in [-0.25, -0.2) is 0 Å². The molecule has 0 heterocycles. The van der Waals surface area contributed by atoms with Gasteiger partial charge in [0, 0.05) is 5.41 Å². The van der Waals surface area contributed by atoms with Crippen molar-refractivity contribution < 1.29 is 20.4 Å². The number of phenols is 4. The predicted molar refractivity (Wildman–Crippen MR) is 140 cm³/mol. The van der Waals surface area contributed by atoms with E-state index in [4.69, 9.17) is 0 Å². The van der Waals surface area contributed by atoms with E-state index in [1.54, 1.807) is 24.3 Å². The Hall–Kier alpha value is -3.92. The Labute approximate surface area is 206 Å². The Morgan fingerprint density at radius 1 is 0.486 bits per heavy atom. The van der Waals surface area contributed by atoms with Crippen LogP contribution in [0, 0.1) is 27.7 Å². The molecule has 0 aromatic heterocycles. The third-order valence-electron chi connectivity index (χ3n) is 7.12. The van der Waals surface area contributed by atoms with Gasteiger partial charge >= 0.3 is 0 Å². The van der Waals surface area contributed by atoms with E-state index < -0.39 is 5.41 Å². The number of hydrogen-bond acceptors (Lipinski definition) is 4. The first-order valence-electron chi connectivity index (χ1n) is 11.8. The Morgan fingerprint density at radius 3 is 1.17 bits per heavy atom. The van der Waals surface area contributed by atoms with E-state index in [9.17, 15) is 20.4 Å². The van der Waals surface area contributed by atoms with Gasteiger partial charge in [0.2, 0.25) is 0 Å². The first kappa shape index (κ1) is 24.2. The molecule has 180 valence electrons. The quantitative estimate of drug-likeness (QED) is 0.237. The zero-order valence-electron chi connectivity index (χ0n) is 20.6. The number of phenolic OH excluding ortho intramolecular Hbond substituents is 4. The minimum absolute atomic E-state index is 0.237. The van der Waals surface area contributed by atoms with Gasteiger partial charge in [0.25, 0.3) is 0 Å². The maximum Gasteiger partial charge on any atom is 0.118 e. The lowest BCUT2D eigenvalue weighted by Gasteiger charge is -2.37. The molecular formula is C31H32O4. The first-order chi connectivity index (χ1) is 16.6.